The molecule has 2 aromatic carbocycles. The van der Waals surface area contributed by atoms with Crippen LogP contribution in [-0.4, -0.2) is 28.8 Å². The molecule has 0 spiro atoms. The first-order valence-electron chi connectivity index (χ1n) is 11.6. The van der Waals surface area contributed by atoms with Crippen molar-refractivity contribution in [1.82, 2.24) is 10.2 Å². The zero-order valence-electron chi connectivity index (χ0n) is 19.2. The molecule has 1 aliphatic rings. The molecule has 1 fully saturated rings. The van der Waals surface area contributed by atoms with E-state index < -0.39 is 6.04 Å². The molecule has 0 bridgehead atoms. The molecule has 1 N–H and O–H groups in total. The number of hydrogen-bond donors (Lipinski definition) is 1. The number of aryl methyl sites for hydroxylation is 3. The Morgan fingerprint density at radius 2 is 1.68 bits per heavy atom. The molecule has 1 aliphatic carbocycles. The summed E-state index contributed by atoms with van der Waals surface area (Å²) >= 11 is 0. The molecule has 4 heteroatoms. The van der Waals surface area contributed by atoms with Gasteiger partial charge in [-0.25, -0.2) is 0 Å². The number of nitrogens with zero attached hydrogens (tertiary/aromatic N) is 1. The minimum Gasteiger partial charge on any atom is -0.352 e. The molecule has 2 amide bonds. The average Bonchev–Trinajstić information content (AvgIpc) is 2.78. The summed E-state index contributed by atoms with van der Waals surface area (Å²) in [6, 6.07) is 16.1. The van der Waals surface area contributed by atoms with Crippen molar-refractivity contribution in [1.29, 1.82) is 0 Å². The third-order valence-corrected chi connectivity index (χ3v) is 6.47. The molecule has 1 atom stereocenters. The summed E-state index contributed by atoms with van der Waals surface area (Å²) in [5.74, 6) is -0.0145. The van der Waals surface area contributed by atoms with Crippen molar-refractivity contribution in [3.05, 3.63) is 70.8 Å². The van der Waals surface area contributed by atoms with Gasteiger partial charge in [0, 0.05) is 19.0 Å². The number of carbonyl (C=O) groups is 2. The molecule has 0 aliphatic heterocycles. The molecule has 1 saturated carbocycles. The fourth-order valence-corrected chi connectivity index (χ4v) is 4.27. The molecule has 4 nitrogen and oxygen atoms in total. The fourth-order valence-electron chi connectivity index (χ4n) is 4.27. The normalized spacial score (nSPS) is 15.3. The first-order chi connectivity index (χ1) is 14.9. The van der Waals surface area contributed by atoms with Gasteiger partial charge in [-0.3, -0.25) is 9.59 Å². The Balaban J connectivity index is 1.71. The van der Waals surface area contributed by atoms with Crippen molar-refractivity contribution < 1.29 is 9.59 Å². The largest absolute Gasteiger partial charge is 0.352 e. The predicted molar refractivity (Wildman–Crippen MR) is 126 cm³/mol. The molecule has 31 heavy (non-hydrogen) atoms. The first-order valence-corrected chi connectivity index (χ1v) is 11.6. The number of carbonyl (C=O) groups excluding carboxylic acids is 2. The van der Waals surface area contributed by atoms with Gasteiger partial charge in [0.15, 0.2) is 0 Å². The molecule has 0 unspecified atom stereocenters. The van der Waals surface area contributed by atoms with Crippen molar-refractivity contribution in [3.63, 3.8) is 0 Å². The van der Waals surface area contributed by atoms with E-state index in [1.165, 1.54) is 24.8 Å². The van der Waals surface area contributed by atoms with E-state index >= 15 is 0 Å². The number of benzene rings is 2. The summed E-state index contributed by atoms with van der Waals surface area (Å²) in [6.45, 7) is 6.43. The van der Waals surface area contributed by atoms with Crippen LogP contribution in [0.15, 0.2) is 48.5 Å². The summed E-state index contributed by atoms with van der Waals surface area (Å²) in [5.41, 5.74) is 4.58. The van der Waals surface area contributed by atoms with Crippen LogP contribution in [-0.2, 0) is 22.6 Å². The van der Waals surface area contributed by atoms with Crippen molar-refractivity contribution >= 4 is 11.8 Å². The molecule has 0 heterocycles. The standard InChI is InChI=1S/C27H36N2O2/c1-20-13-15-23(16-14-20)17-18-26(30)29(19-24-10-8-7-9-21(24)2)22(3)27(31)28-25-11-5-4-6-12-25/h7-10,13-16,22,25H,4-6,11-12,17-19H2,1-3H3,(H,28,31)/t22-/m0/s1. The monoisotopic (exact) mass is 420 g/mol. The molecular weight excluding hydrogens is 384 g/mol. The highest BCUT2D eigenvalue weighted by Gasteiger charge is 2.28. The highest BCUT2D eigenvalue weighted by atomic mass is 16.2. The van der Waals surface area contributed by atoms with Gasteiger partial charge >= 0.3 is 0 Å². The van der Waals surface area contributed by atoms with Gasteiger partial charge in [-0.1, -0.05) is 73.4 Å². The van der Waals surface area contributed by atoms with Gasteiger partial charge < -0.3 is 10.2 Å². The van der Waals surface area contributed by atoms with E-state index in [0.29, 0.717) is 19.4 Å². The highest BCUT2D eigenvalue weighted by Crippen LogP contribution is 2.19. The maximum absolute atomic E-state index is 13.3. The van der Waals surface area contributed by atoms with Gasteiger partial charge in [0.1, 0.15) is 6.04 Å². The highest BCUT2D eigenvalue weighted by molar-refractivity contribution is 5.87. The second-order valence-electron chi connectivity index (χ2n) is 8.95. The summed E-state index contributed by atoms with van der Waals surface area (Å²) in [4.78, 5) is 28.1. The summed E-state index contributed by atoms with van der Waals surface area (Å²) in [6.07, 6.45) is 6.74. The molecule has 3 rings (SSSR count). The minimum absolute atomic E-state index is 0.0233. The Bertz CT molecular complexity index is 869. The minimum atomic E-state index is -0.493. The van der Waals surface area contributed by atoms with Crippen LogP contribution in [0.1, 0.15) is 67.7 Å². The van der Waals surface area contributed by atoms with Gasteiger partial charge in [-0.2, -0.15) is 0 Å². The van der Waals surface area contributed by atoms with Crippen LogP contribution in [0.25, 0.3) is 0 Å². The lowest BCUT2D eigenvalue weighted by molar-refractivity contribution is -0.141. The summed E-state index contributed by atoms with van der Waals surface area (Å²) in [7, 11) is 0. The lowest BCUT2D eigenvalue weighted by atomic mass is 9.95. The maximum atomic E-state index is 13.3. The Morgan fingerprint density at radius 3 is 2.35 bits per heavy atom. The van der Waals surface area contributed by atoms with E-state index in [-0.39, 0.29) is 17.9 Å². The van der Waals surface area contributed by atoms with Gasteiger partial charge in [-0.05, 0) is 56.7 Å². The smallest absolute Gasteiger partial charge is 0.242 e. The Morgan fingerprint density at radius 1 is 1.00 bits per heavy atom. The Hall–Kier alpha value is -2.62. The summed E-state index contributed by atoms with van der Waals surface area (Å²) in [5, 5.41) is 3.20. The second kappa shape index (κ2) is 11.1. The second-order valence-corrected chi connectivity index (χ2v) is 8.95. The van der Waals surface area contributed by atoms with Crippen LogP contribution in [0, 0.1) is 13.8 Å². The maximum Gasteiger partial charge on any atom is 0.242 e. The molecule has 2 aromatic rings. The third kappa shape index (κ3) is 6.68. The van der Waals surface area contributed by atoms with Crippen LogP contribution >= 0.6 is 0 Å². The van der Waals surface area contributed by atoms with Crippen molar-refractivity contribution in [3.8, 4) is 0 Å². The number of nitrogens with one attached hydrogen (secondary N) is 1. The van der Waals surface area contributed by atoms with Crippen LogP contribution in [0.3, 0.4) is 0 Å². The number of hydrogen-bond acceptors (Lipinski definition) is 2. The van der Waals surface area contributed by atoms with Crippen LogP contribution in [0.4, 0.5) is 0 Å². The van der Waals surface area contributed by atoms with Crippen molar-refractivity contribution in [2.24, 2.45) is 0 Å². The number of amides is 2. The zero-order chi connectivity index (χ0) is 22.2. The number of rotatable bonds is 8. The van der Waals surface area contributed by atoms with Crippen LogP contribution < -0.4 is 5.32 Å². The van der Waals surface area contributed by atoms with Crippen LogP contribution in [0.5, 0.6) is 0 Å². The van der Waals surface area contributed by atoms with Gasteiger partial charge in [0.05, 0.1) is 0 Å². The van der Waals surface area contributed by atoms with Crippen molar-refractivity contribution in [2.75, 3.05) is 0 Å². The van der Waals surface area contributed by atoms with Crippen LogP contribution in [0.2, 0.25) is 0 Å². The van der Waals surface area contributed by atoms with E-state index in [1.54, 1.807) is 4.90 Å². The first kappa shape index (κ1) is 23.1. The van der Waals surface area contributed by atoms with Gasteiger partial charge in [-0.15, -0.1) is 0 Å². The molecule has 0 aromatic heterocycles. The molecule has 0 radical (unpaired) electrons. The van der Waals surface area contributed by atoms with E-state index in [4.69, 9.17) is 0 Å². The molecule has 0 saturated heterocycles. The van der Waals surface area contributed by atoms with E-state index in [9.17, 15) is 9.59 Å². The van der Waals surface area contributed by atoms with Crippen molar-refractivity contribution in [2.45, 2.75) is 84.3 Å². The van der Waals surface area contributed by atoms with E-state index in [1.807, 2.05) is 25.1 Å². The van der Waals surface area contributed by atoms with E-state index in [0.717, 1.165) is 29.5 Å². The topological polar surface area (TPSA) is 49.4 Å². The molecular formula is C27H36N2O2. The predicted octanol–water partition coefficient (Wildman–Crippen LogP) is 5.10. The lowest BCUT2D eigenvalue weighted by Crippen LogP contribution is -2.50. The Kier molecular flexibility index (Phi) is 8.27. The molecule has 166 valence electrons. The van der Waals surface area contributed by atoms with Gasteiger partial charge in [0.2, 0.25) is 11.8 Å². The lowest BCUT2D eigenvalue weighted by Gasteiger charge is -2.31. The SMILES string of the molecule is Cc1ccc(CCC(=O)N(Cc2ccccc2C)[C@@H](C)C(=O)NC2CCCCC2)cc1. The fraction of sp³-hybridized carbons (Fsp3) is 0.481. The van der Waals surface area contributed by atoms with Gasteiger partial charge in [0.25, 0.3) is 0 Å². The van der Waals surface area contributed by atoms with E-state index in [2.05, 4.69) is 49.5 Å². The zero-order valence-corrected chi connectivity index (χ0v) is 19.2. The third-order valence-electron chi connectivity index (χ3n) is 6.47. The Labute approximate surface area is 187 Å². The quantitative estimate of drug-likeness (QED) is 0.646. The average molecular weight is 421 g/mol. The summed E-state index contributed by atoms with van der Waals surface area (Å²) < 4.78 is 0.